The maximum absolute atomic E-state index is 15.0. The third kappa shape index (κ3) is 4.29. The first kappa shape index (κ1) is 22.4. The van der Waals surface area contributed by atoms with E-state index in [4.69, 9.17) is 0 Å². The number of carbonyl (C=O) groups excluding carboxylic acids is 2. The molecule has 0 unspecified atom stereocenters. The number of benzene rings is 1. The number of pyridine rings is 2. The number of alkyl halides is 2. The van der Waals surface area contributed by atoms with E-state index in [1.807, 2.05) is 0 Å². The fourth-order valence-electron chi connectivity index (χ4n) is 3.79. The van der Waals surface area contributed by atoms with E-state index >= 15 is 4.39 Å². The highest BCUT2D eigenvalue weighted by molar-refractivity contribution is 6.09. The zero-order valence-corrected chi connectivity index (χ0v) is 17.4. The Kier molecular flexibility index (Phi) is 6.10. The average molecular weight is 456 g/mol. The maximum atomic E-state index is 15.0. The summed E-state index contributed by atoms with van der Waals surface area (Å²) in [5, 5.41) is 12.5. The minimum atomic E-state index is -2.64. The van der Waals surface area contributed by atoms with Gasteiger partial charge in [-0.1, -0.05) is 18.2 Å². The highest BCUT2D eigenvalue weighted by Crippen LogP contribution is 2.41. The molecule has 1 aliphatic heterocycles. The number of aliphatic hydroxyl groups is 1. The molecule has 0 spiro atoms. The van der Waals surface area contributed by atoms with Gasteiger partial charge in [-0.3, -0.25) is 14.6 Å². The predicted molar refractivity (Wildman–Crippen MR) is 114 cm³/mol. The van der Waals surface area contributed by atoms with Crippen molar-refractivity contribution in [3.05, 3.63) is 71.6 Å². The molecule has 3 aromatic rings. The fraction of sp³-hybridized carbons (Fsp3) is 0.217. The molecule has 3 heterocycles. The number of aliphatic hydroxyl groups excluding tert-OH is 1. The Labute approximate surface area is 186 Å². The van der Waals surface area contributed by atoms with Crippen LogP contribution >= 0.6 is 0 Å². The van der Waals surface area contributed by atoms with Gasteiger partial charge in [0.2, 0.25) is 17.8 Å². The molecule has 0 fully saturated rings. The van der Waals surface area contributed by atoms with Crippen LogP contribution in [-0.2, 0) is 9.59 Å². The van der Waals surface area contributed by atoms with Gasteiger partial charge < -0.3 is 15.3 Å². The number of hydrogen-bond acceptors (Lipinski definition) is 5. The van der Waals surface area contributed by atoms with Gasteiger partial charge in [0.1, 0.15) is 12.5 Å². The van der Waals surface area contributed by atoms with Gasteiger partial charge in [0.15, 0.2) is 0 Å². The lowest BCUT2D eigenvalue weighted by atomic mass is 9.97. The molecule has 2 N–H and O–H groups in total. The minimum Gasteiger partial charge on any atom is -0.395 e. The van der Waals surface area contributed by atoms with Crippen molar-refractivity contribution in [1.29, 1.82) is 0 Å². The summed E-state index contributed by atoms with van der Waals surface area (Å²) >= 11 is 0. The second kappa shape index (κ2) is 8.99. The van der Waals surface area contributed by atoms with Crippen molar-refractivity contribution in [2.45, 2.75) is 19.3 Å². The topological polar surface area (TPSA) is 95.4 Å². The van der Waals surface area contributed by atoms with Gasteiger partial charge in [-0.25, -0.2) is 13.8 Å². The molecule has 0 saturated heterocycles. The Morgan fingerprint density at radius 3 is 2.64 bits per heavy atom. The second-order valence-corrected chi connectivity index (χ2v) is 7.52. The Balaban J connectivity index is 1.72. The number of halogens is 3. The lowest BCUT2D eigenvalue weighted by molar-refractivity contribution is -0.123. The number of amides is 2. The Morgan fingerprint density at radius 2 is 1.97 bits per heavy atom. The van der Waals surface area contributed by atoms with Crippen LogP contribution in [-0.4, -0.2) is 40.0 Å². The van der Waals surface area contributed by atoms with Crippen LogP contribution in [0.5, 0.6) is 0 Å². The van der Waals surface area contributed by atoms with E-state index in [9.17, 15) is 23.5 Å². The number of carbonyl (C=O) groups is 2. The number of nitrogens with one attached hydrogen (secondary N) is 1. The van der Waals surface area contributed by atoms with Gasteiger partial charge in [-0.2, -0.15) is 4.39 Å². The second-order valence-electron chi connectivity index (χ2n) is 7.52. The first-order chi connectivity index (χ1) is 15.8. The molecule has 33 heavy (non-hydrogen) atoms. The van der Waals surface area contributed by atoms with Crippen LogP contribution < -0.4 is 10.2 Å². The van der Waals surface area contributed by atoms with Crippen LogP contribution in [0.1, 0.15) is 29.3 Å². The molecule has 0 radical (unpaired) electrons. The molecule has 4 rings (SSSR count). The lowest BCUT2D eigenvalue weighted by Crippen LogP contribution is -2.41. The zero-order valence-electron chi connectivity index (χ0n) is 17.4. The molecule has 1 aromatic carbocycles. The summed E-state index contributed by atoms with van der Waals surface area (Å²) < 4.78 is 40.5. The molecular weight excluding hydrogens is 437 g/mol. The Hall–Kier alpha value is -3.79. The van der Waals surface area contributed by atoms with E-state index in [2.05, 4.69) is 15.3 Å². The monoisotopic (exact) mass is 456 g/mol. The van der Waals surface area contributed by atoms with Crippen molar-refractivity contribution in [2.75, 3.05) is 23.4 Å². The van der Waals surface area contributed by atoms with Gasteiger partial charge in [-0.05, 0) is 31.2 Å². The molecule has 0 saturated carbocycles. The van der Waals surface area contributed by atoms with E-state index in [0.717, 1.165) is 4.90 Å². The number of anilines is 2. The summed E-state index contributed by atoms with van der Waals surface area (Å²) in [6.07, 6.45) is -1.21. The maximum Gasteiger partial charge on any atom is 0.263 e. The van der Waals surface area contributed by atoms with Crippen molar-refractivity contribution in [3.63, 3.8) is 0 Å². The summed E-state index contributed by atoms with van der Waals surface area (Å²) in [7, 11) is 0. The molecule has 2 amide bonds. The van der Waals surface area contributed by atoms with Crippen LogP contribution in [0.2, 0.25) is 0 Å². The normalized spacial score (nSPS) is 15.2. The largest absolute Gasteiger partial charge is 0.395 e. The highest BCUT2D eigenvalue weighted by atomic mass is 19.3. The summed E-state index contributed by atoms with van der Waals surface area (Å²) in [4.78, 5) is 35.2. The van der Waals surface area contributed by atoms with Crippen molar-refractivity contribution < 1.29 is 27.9 Å². The van der Waals surface area contributed by atoms with Crippen LogP contribution in [0.25, 0.3) is 11.1 Å². The van der Waals surface area contributed by atoms with Crippen LogP contribution in [0, 0.1) is 12.9 Å². The first-order valence-electron chi connectivity index (χ1n) is 10.0. The van der Waals surface area contributed by atoms with Crippen LogP contribution in [0.4, 0.5) is 24.5 Å². The number of hydrogen-bond donors (Lipinski definition) is 2. The van der Waals surface area contributed by atoms with Gasteiger partial charge in [0.05, 0.1) is 23.6 Å². The lowest BCUT2D eigenvalue weighted by Gasteiger charge is -2.25. The van der Waals surface area contributed by atoms with Gasteiger partial charge >= 0.3 is 0 Å². The Morgan fingerprint density at radius 1 is 1.24 bits per heavy atom. The van der Waals surface area contributed by atoms with Crippen LogP contribution in [0.15, 0.2) is 48.7 Å². The quantitative estimate of drug-likeness (QED) is 0.572. The van der Waals surface area contributed by atoms with Crippen LogP contribution in [0.3, 0.4) is 0 Å². The van der Waals surface area contributed by atoms with E-state index in [-0.39, 0.29) is 28.2 Å². The molecule has 1 aliphatic rings. The molecule has 1 atom stereocenters. The molecule has 0 aliphatic carbocycles. The van der Waals surface area contributed by atoms with Gasteiger partial charge in [0.25, 0.3) is 6.43 Å². The standard InChI is InChI=1S/C23H19F3N4O3/c1-12-9-17-19(22(26)28-12)15-3-2-8-27-20(15)16(11-31)23(33)30(17)10-18(32)29-14-6-4-13(5-7-14)21(24)25/h2-9,16,21,31H,10-11H2,1H3,(H,29,32)/t16-/m0/s1. The van der Waals surface area contributed by atoms with E-state index in [1.54, 1.807) is 19.1 Å². The summed E-state index contributed by atoms with van der Waals surface area (Å²) in [5.74, 6) is -3.22. The molecule has 0 bridgehead atoms. The first-order valence-corrected chi connectivity index (χ1v) is 10.0. The third-order valence-corrected chi connectivity index (χ3v) is 5.31. The molecule has 7 nitrogen and oxygen atoms in total. The fourth-order valence-corrected chi connectivity index (χ4v) is 3.79. The number of rotatable bonds is 5. The number of aryl methyl sites for hydroxylation is 1. The summed E-state index contributed by atoms with van der Waals surface area (Å²) in [5.41, 5.74) is 0.962. The molecular formula is C23H19F3N4O3. The number of aromatic nitrogens is 2. The molecule has 2 aromatic heterocycles. The summed E-state index contributed by atoms with van der Waals surface area (Å²) in [6, 6.07) is 9.64. The molecule has 170 valence electrons. The predicted octanol–water partition coefficient (Wildman–Crippen LogP) is 3.59. The number of nitrogens with zero attached hydrogens (tertiary/aromatic N) is 3. The van der Waals surface area contributed by atoms with Crippen molar-refractivity contribution in [2.24, 2.45) is 0 Å². The van der Waals surface area contributed by atoms with Crippen molar-refractivity contribution >= 4 is 23.2 Å². The van der Waals surface area contributed by atoms with Gasteiger partial charge in [0, 0.05) is 28.7 Å². The van der Waals surface area contributed by atoms with E-state index in [0.29, 0.717) is 11.3 Å². The van der Waals surface area contributed by atoms with E-state index in [1.165, 1.54) is 36.5 Å². The van der Waals surface area contributed by atoms with Crippen molar-refractivity contribution in [1.82, 2.24) is 9.97 Å². The Bertz CT molecular complexity index is 1220. The zero-order chi connectivity index (χ0) is 23.7. The smallest absolute Gasteiger partial charge is 0.263 e. The highest BCUT2D eigenvalue weighted by Gasteiger charge is 2.37. The van der Waals surface area contributed by atoms with E-state index < -0.39 is 43.3 Å². The van der Waals surface area contributed by atoms with Crippen molar-refractivity contribution in [3.8, 4) is 11.1 Å². The minimum absolute atomic E-state index is 0.00193. The SMILES string of the molecule is Cc1cc2c(c(F)n1)-c1cccnc1[C@H](CO)C(=O)N2CC(=O)Nc1ccc(C(F)F)cc1. The molecule has 10 heteroatoms. The van der Waals surface area contributed by atoms with Gasteiger partial charge in [-0.15, -0.1) is 0 Å². The third-order valence-electron chi connectivity index (χ3n) is 5.31. The number of fused-ring (bicyclic) bond motifs is 3. The summed E-state index contributed by atoms with van der Waals surface area (Å²) in [6.45, 7) is 0.448. The average Bonchev–Trinajstić information content (AvgIpc) is 2.87.